The second-order valence-corrected chi connectivity index (χ2v) is 7.53. The van der Waals surface area contributed by atoms with Gasteiger partial charge in [0.05, 0.1) is 31.7 Å². The Morgan fingerprint density at radius 3 is 2.41 bits per heavy atom. The Morgan fingerprint density at radius 2 is 1.81 bits per heavy atom. The molecule has 9 heteroatoms. The number of hydrogen-bond donors (Lipinski definition) is 1. The first-order valence-electron chi connectivity index (χ1n) is 10.3. The molecule has 0 saturated carbocycles. The van der Waals surface area contributed by atoms with Gasteiger partial charge in [-0.2, -0.15) is 10.2 Å². The van der Waals surface area contributed by atoms with E-state index < -0.39 is 0 Å². The van der Waals surface area contributed by atoms with Gasteiger partial charge in [-0.1, -0.05) is 12.1 Å². The fourth-order valence-corrected chi connectivity index (χ4v) is 3.86. The summed E-state index contributed by atoms with van der Waals surface area (Å²) in [5.74, 6) is 2.05. The van der Waals surface area contributed by atoms with Crippen LogP contribution >= 0.6 is 0 Å². The molecule has 166 valence electrons. The Hall–Kier alpha value is -3.88. The molecule has 32 heavy (non-hydrogen) atoms. The molecule has 1 N–H and O–H groups in total. The van der Waals surface area contributed by atoms with Gasteiger partial charge < -0.3 is 14.8 Å². The predicted octanol–water partition coefficient (Wildman–Crippen LogP) is 2.93. The molecule has 2 aromatic carbocycles. The van der Waals surface area contributed by atoms with Gasteiger partial charge in [0.15, 0.2) is 11.5 Å². The number of urea groups is 1. The summed E-state index contributed by atoms with van der Waals surface area (Å²) in [5, 5.41) is 13.2. The van der Waals surface area contributed by atoms with E-state index in [2.05, 4.69) is 15.4 Å². The number of carbonyl (C=O) groups is 1. The summed E-state index contributed by atoms with van der Waals surface area (Å²) in [7, 11) is 4.82. The average molecular weight is 435 g/mol. The van der Waals surface area contributed by atoms with Crippen molar-refractivity contribution < 1.29 is 14.3 Å². The molecule has 1 atom stereocenters. The minimum Gasteiger partial charge on any atom is -0.493 e. The molecule has 0 saturated heterocycles. The third kappa shape index (κ3) is 3.77. The molecule has 0 radical (unpaired) electrons. The zero-order valence-electron chi connectivity index (χ0n) is 18.8. The van der Waals surface area contributed by atoms with Crippen LogP contribution < -0.4 is 14.8 Å². The molecule has 0 fully saturated rings. The van der Waals surface area contributed by atoms with Gasteiger partial charge in [0.1, 0.15) is 12.2 Å². The number of aryl methyl sites for hydroxylation is 1. The Bertz CT molecular complexity index is 1170. The number of methoxy groups -OCH3 is 2. The molecule has 1 aromatic heterocycles. The molecular formula is C23H26N6O3. The summed E-state index contributed by atoms with van der Waals surface area (Å²) in [5.41, 5.74) is 4.35. The van der Waals surface area contributed by atoms with Crippen LogP contribution in [0.5, 0.6) is 11.5 Å². The van der Waals surface area contributed by atoms with E-state index in [1.54, 1.807) is 25.9 Å². The van der Waals surface area contributed by atoms with Crippen LogP contribution in [0.25, 0.3) is 5.69 Å². The highest BCUT2D eigenvalue weighted by molar-refractivity contribution is 6.14. The number of hydrogen-bond acceptors (Lipinski definition) is 6. The number of fused-ring (bicyclic) bond motifs is 1. The molecule has 9 nitrogen and oxygen atoms in total. The van der Waals surface area contributed by atoms with Crippen molar-refractivity contribution in [3.05, 3.63) is 65.2 Å². The standard InChI is InChI=1S/C23H26N6O3/c1-14-10-17-11-20(31-4)21(32-5)12-19(17)22(27-28(14)23(30)24-3)16-6-8-18(9-7-16)29-15(2)25-13-26-29/h6-9,11-14H,10H2,1-5H3,(H,24,30). The zero-order valence-corrected chi connectivity index (χ0v) is 18.8. The number of nitrogens with one attached hydrogen (secondary N) is 1. The third-order valence-electron chi connectivity index (χ3n) is 5.53. The normalized spacial score (nSPS) is 15.5. The number of ether oxygens (including phenoxy) is 2. The fraction of sp³-hybridized carbons (Fsp3) is 0.304. The summed E-state index contributed by atoms with van der Waals surface area (Å²) in [6, 6.07) is 11.3. The second kappa shape index (κ2) is 8.70. The highest BCUT2D eigenvalue weighted by Crippen LogP contribution is 2.34. The van der Waals surface area contributed by atoms with Gasteiger partial charge in [-0.3, -0.25) is 0 Å². The lowest BCUT2D eigenvalue weighted by atomic mass is 9.94. The molecular weight excluding hydrogens is 408 g/mol. The van der Waals surface area contributed by atoms with E-state index >= 15 is 0 Å². The number of carbonyl (C=O) groups excluding carboxylic acids is 1. The highest BCUT2D eigenvalue weighted by Gasteiger charge is 2.28. The monoisotopic (exact) mass is 434 g/mol. The Kier molecular flexibility index (Phi) is 5.81. The van der Waals surface area contributed by atoms with Gasteiger partial charge in [0.2, 0.25) is 0 Å². The summed E-state index contributed by atoms with van der Waals surface area (Å²) in [6.07, 6.45) is 2.14. The van der Waals surface area contributed by atoms with Gasteiger partial charge in [-0.15, -0.1) is 0 Å². The SMILES string of the molecule is CNC(=O)N1N=C(c2ccc(-n3ncnc3C)cc2)c2cc(OC)c(OC)cc2CC1C. The van der Waals surface area contributed by atoms with E-state index in [-0.39, 0.29) is 12.1 Å². The molecule has 0 spiro atoms. The Morgan fingerprint density at radius 1 is 1.12 bits per heavy atom. The first-order chi connectivity index (χ1) is 15.5. The van der Waals surface area contributed by atoms with E-state index in [9.17, 15) is 4.79 Å². The van der Waals surface area contributed by atoms with E-state index in [0.29, 0.717) is 23.6 Å². The van der Waals surface area contributed by atoms with Crippen molar-refractivity contribution in [3.8, 4) is 17.2 Å². The Labute approximate surface area is 186 Å². The van der Waals surface area contributed by atoms with Crippen molar-refractivity contribution in [1.82, 2.24) is 25.1 Å². The van der Waals surface area contributed by atoms with Crippen LogP contribution in [0.4, 0.5) is 4.79 Å². The van der Waals surface area contributed by atoms with Crippen molar-refractivity contribution in [2.45, 2.75) is 26.3 Å². The minimum absolute atomic E-state index is 0.152. The van der Waals surface area contributed by atoms with Gasteiger partial charge in [-0.25, -0.2) is 19.5 Å². The number of amides is 2. The highest BCUT2D eigenvalue weighted by atomic mass is 16.5. The smallest absolute Gasteiger partial charge is 0.337 e. The number of aromatic nitrogens is 3. The van der Waals surface area contributed by atoms with Crippen LogP contribution in [0.2, 0.25) is 0 Å². The first kappa shape index (κ1) is 21.4. The summed E-state index contributed by atoms with van der Waals surface area (Å²) in [4.78, 5) is 16.8. The lowest BCUT2D eigenvalue weighted by molar-refractivity contribution is 0.184. The van der Waals surface area contributed by atoms with E-state index in [4.69, 9.17) is 14.6 Å². The third-order valence-corrected chi connectivity index (χ3v) is 5.53. The van der Waals surface area contributed by atoms with Crippen LogP contribution in [0.15, 0.2) is 47.8 Å². The van der Waals surface area contributed by atoms with Gasteiger partial charge in [-0.05, 0) is 50.1 Å². The minimum atomic E-state index is -0.267. The largest absolute Gasteiger partial charge is 0.493 e. The average Bonchev–Trinajstić information content (AvgIpc) is 3.18. The molecule has 2 heterocycles. The van der Waals surface area contributed by atoms with Crippen molar-refractivity contribution in [2.75, 3.05) is 21.3 Å². The van der Waals surface area contributed by atoms with E-state index in [0.717, 1.165) is 28.2 Å². The lowest BCUT2D eigenvalue weighted by Gasteiger charge is -2.22. The summed E-state index contributed by atoms with van der Waals surface area (Å²) < 4.78 is 12.8. The zero-order chi connectivity index (χ0) is 22.8. The molecule has 0 bridgehead atoms. The van der Waals surface area contributed by atoms with Crippen LogP contribution in [0.3, 0.4) is 0 Å². The maximum atomic E-state index is 12.6. The maximum Gasteiger partial charge on any atom is 0.337 e. The molecule has 1 unspecified atom stereocenters. The summed E-state index contributed by atoms with van der Waals surface area (Å²) in [6.45, 7) is 3.87. The Balaban J connectivity index is 1.87. The molecule has 0 aliphatic carbocycles. The number of nitrogens with zero attached hydrogens (tertiary/aromatic N) is 5. The number of rotatable bonds is 4. The first-order valence-corrected chi connectivity index (χ1v) is 10.3. The topological polar surface area (TPSA) is 93.9 Å². The van der Waals surface area contributed by atoms with Crippen molar-refractivity contribution in [3.63, 3.8) is 0 Å². The van der Waals surface area contributed by atoms with Crippen LogP contribution in [-0.4, -0.2) is 58.8 Å². The van der Waals surface area contributed by atoms with E-state index in [1.807, 2.05) is 50.2 Å². The second-order valence-electron chi connectivity index (χ2n) is 7.53. The van der Waals surface area contributed by atoms with Crippen molar-refractivity contribution >= 4 is 11.7 Å². The predicted molar refractivity (Wildman–Crippen MR) is 121 cm³/mol. The van der Waals surface area contributed by atoms with E-state index in [1.165, 1.54) is 11.3 Å². The van der Waals surface area contributed by atoms with Crippen LogP contribution in [0, 0.1) is 6.92 Å². The van der Waals surface area contributed by atoms with Gasteiger partial charge >= 0.3 is 6.03 Å². The molecule has 1 aliphatic heterocycles. The van der Waals surface area contributed by atoms with Crippen molar-refractivity contribution in [1.29, 1.82) is 0 Å². The molecule has 2 amide bonds. The fourth-order valence-electron chi connectivity index (χ4n) is 3.86. The number of benzene rings is 2. The van der Waals surface area contributed by atoms with Gasteiger partial charge in [0, 0.05) is 18.2 Å². The van der Waals surface area contributed by atoms with Gasteiger partial charge in [0.25, 0.3) is 0 Å². The molecule has 4 rings (SSSR count). The molecule has 1 aliphatic rings. The summed E-state index contributed by atoms with van der Waals surface area (Å²) >= 11 is 0. The number of hydrazone groups is 1. The molecule has 3 aromatic rings. The quantitative estimate of drug-likeness (QED) is 0.681. The van der Waals surface area contributed by atoms with Crippen LogP contribution in [-0.2, 0) is 6.42 Å². The lowest BCUT2D eigenvalue weighted by Crippen LogP contribution is -2.41. The van der Waals surface area contributed by atoms with Crippen molar-refractivity contribution in [2.24, 2.45) is 5.10 Å². The van der Waals surface area contributed by atoms with Crippen LogP contribution in [0.1, 0.15) is 29.4 Å². The maximum absolute atomic E-state index is 12.6.